The maximum Gasteiger partial charge on any atom is 2.00 e. The molecule has 1 aromatic carbocycles. The second-order valence-corrected chi connectivity index (χ2v) is 2.39. The van der Waals surface area contributed by atoms with Gasteiger partial charge in [-0.1, -0.05) is 13.8 Å². The second kappa shape index (κ2) is 6.75. The molecule has 0 spiro atoms. The molecule has 0 radical (unpaired) electrons. The van der Waals surface area contributed by atoms with Gasteiger partial charge in [0.15, 0.2) is 0 Å². The van der Waals surface area contributed by atoms with Crippen molar-refractivity contribution in [1.29, 1.82) is 0 Å². The van der Waals surface area contributed by atoms with Crippen LogP contribution in [-0.2, 0) is 0 Å². The predicted molar refractivity (Wildman–Crippen MR) is 47.1 cm³/mol. The van der Waals surface area contributed by atoms with Crippen molar-refractivity contribution in [2.45, 2.75) is 13.8 Å². The van der Waals surface area contributed by atoms with Crippen LogP contribution < -0.4 is 21.7 Å². The van der Waals surface area contributed by atoms with Crippen molar-refractivity contribution in [2.75, 3.05) is 7.11 Å². The summed E-state index contributed by atoms with van der Waals surface area (Å²) in [5, 5.41) is 0. The molecule has 0 aliphatic rings. The van der Waals surface area contributed by atoms with E-state index in [1.54, 1.807) is 7.11 Å². The Balaban J connectivity index is 0. The fraction of sp³-hybridized carbons (Fsp3) is 0.333. The first kappa shape index (κ1) is 14.8. The van der Waals surface area contributed by atoms with Crippen LogP contribution >= 0.6 is 0 Å². The Kier molecular flexibility index (Phi) is 8.31. The molecule has 0 heterocycles. The number of rotatable bonds is 1. The molecule has 0 unspecified atom stereocenters. The predicted octanol–water partition coefficient (Wildman–Crippen LogP) is -1.26. The summed E-state index contributed by atoms with van der Waals surface area (Å²) in [5.74, 6) is 0.839. The molecule has 1 rings (SSSR count). The molecular formula is C9H11BrMgO. The smallest absolute Gasteiger partial charge is 1.00 e. The molecule has 0 saturated heterocycles. The zero-order valence-corrected chi connectivity index (χ0v) is 10.6. The van der Waals surface area contributed by atoms with Crippen molar-refractivity contribution in [1.82, 2.24) is 0 Å². The summed E-state index contributed by atoms with van der Waals surface area (Å²) in [5.41, 5.74) is 2.36. The van der Waals surface area contributed by atoms with Crippen molar-refractivity contribution in [3.63, 3.8) is 0 Å². The molecule has 0 N–H and O–H groups in total. The van der Waals surface area contributed by atoms with Crippen LogP contribution in [0.2, 0.25) is 0 Å². The summed E-state index contributed by atoms with van der Waals surface area (Å²) in [4.78, 5) is 0. The number of hydrogen-bond acceptors (Lipinski definition) is 1. The first-order chi connectivity index (χ1) is 4.74. The number of methoxy groups -OCH3 is 1. The molecule has 0 saturated carbocycles. The monoisotopic (exact) mass is 238 g/mol. The molecule has 3 heteroatoms. The van der Waals surface area contributed by atoms with Gasteiger partial charge < -0.3 is 21.7 Å². The van der Waals surface area contributed by atoms with Crippen molar-refractivity contribution in [3.8, 4) is 5.75 Å². The normalized spacial score (nSPS) is 7.92. The number of ether oxygens (including phenoxy) is 1. The van der Waals surface area contributed by atoms with Gasteiger partial charge in [0.2, 0.25) is 0 Å². The van der Waals surface area contributed by atoms with Crippen LogP contribution in [0.25, 0.3) is 0 Å². The van der Waals surface area contributed by atoms with Gasteiger partial charge in [-0.25, -0.2) is 0 Å². The van der Waals surface area contributed by atoms with Gasteiger partial charge in [-0.3, -0.25) is 0 Å². The van der Waals surface area contributed by atoms with Crippen molar-refractivity contribution in [2.24, 2.45) is 0 Å². The van der Waals surface area contributed by atoms with Gasteiger partial charge in [0.1, 0.15) is 0 Å². The molecule has 0 aliphatic carbocycles. The summed E-state index contributed by atoms with van der Waals surface area (Å²) in [6, 6.07) is 7.03. The summed E-state index contributed by atoms with van der Waals surface area (Å²) in [6.45, 7) is 4.06. The average molecular weight is 239 g/mol. The number of benzene rings is 1. The molecule has 0 aliphatic heterocycles. The first-order valence-electron chi connectivity index (χ1n) is 3.27. The Morgan fingerprint density at radius 1 is 1.33 bits per heavy atom. The van der Waals surface area contributed by atoms with Crippen LogP contribution in [0.3, 0.4) is 0 Å². The van der Waals surface area contributed by atoms with E-state index in [9.17, 15) is 0 Å². The van der Waals surface area contributed by atoms with Gasteiger partial charge in [0.05, 0.1) is 7.11 Å². The van der Waals surface area contributed by atoms with E-state index in [1.165, 1.54) is 5.56 Å². The molecule has 0 bridgehead atoms. The third kappa shape index (κ3) is 3.78. The molecule has 0 aromatic heterocycles. The Bertz CT molecular complexity index is 238. The Labute approximate surface area is 100 Å². The molecule has 0 fully saturated rings. The van der Waals surface area contributed by atoms with Crippen molar-refractivity contribution < 1.29 is 21.7 Å². The maximum absolute atomic E-state index is 5.04. The third-order valence-corrected chi connectivity index (χ3v) is 1.44. The minimum atomic E-state index is 0. The number of aryl methyl sites for hydroxylation is 2. The van der Waals surface area contributed by atoms with Gasteiger partial charge >= 0.3 is 23.1 Å². The summed E-state index contributed by atoms with van der Waals surface area (Å²) < 4.78 is 5.04. The molecular weight excluding hydrogens is 228 g/mol. The van der Waals surface area contributed by atoms with E-state index in [0.717, 1.165) is 11.3 Å². The van der Waals surface area contributed by atoms with Crippen LogP contribution in [0, 0.1) is 19.9 Å². The fourth-order valence-electron chi connectivity index (χ4n) is 0.962. The SMILES string of the molecule is COc1[c-]cc(C)cc1C.[Br-].[Mg+2]. The Morgan fingerprint density at radius 3 is 2.33 bits per heavy atom. The average Bonchev–Trinajstić information content (AvgIpc) is 1.88. The summed E-state index contributed by atoms with van der Waals surface area (Å²) in [7, 11) is 1.66. The van der Waals surface area contributed by atoms with Crippen LogP contribution in [0.1, 0.15) is 11.1 Å². The second-order valence-electron chi connectivity index (χ2n) is 2.39. The largest absolute Gasteiger partial charge is 2.00 e. The molecule has 0 atom stereocenters. The van der Waals surface area contributed by atoms with Gasteiger partial charge in [-0.2, -0.15) is 17.7 Å². The van der Waals surface area contributed by atoms with E-state index < -0.39 is 0 Å². The van der Waals surface area contributed by atoms with Gasteiger partial charge in [0.25, 0.3) is 0 Å². The standard InChI is InChI=1S/C9H11O.BrH.Mg/c1-7-4-5-9(10-3)8(2)6-7;;/h4,6H,1-3H3;1H;/q-1;;+2/p-1. The van der Waals surface area contributed by atoms with E-state index in [0.29, 0.717) is 0 Å². The van der Waals surface area contributed by atoms with E-state index in [1.807, 2.05) is 19.9 Å². The van der Waals surface area contributed by atoms with E-state index in [-0.39, 0.29) is 40.0 Å². The number of halogens is 1. The van der Waals surface area contributed by atoms with Crippen molar-refractivity contribution in [3.05, 3.63) is 29.3 Å². The topological polar surface area (TPSA) is 9.23 Å². The van der Waals surface area contributed by atoms with Crippen molar-refractivity contribution >= 4 is 23.1 Å². The van der Waals surface area contributed by atoms with E-state index >= 15 is 0 Å². The molecule has 0 amide bonds. The molecule has 1 nitrogen and oxygen atoms in total. The minimum absolute atomic E-state index is 0. The first-order valence-corrected chi connectivity index (χ1v) is 3.27. The van der Waals surface area contributed by atoms with Crippen LogP contribution in [0.4, 0.5) is 0 Å². The van der Waals surface area contributed by atoms with Gasteiger partial charge in [0, 0.05) is 5.75 Å². The molecule has 1 aromatic rings. The van der Waals surface area contributed by atoms with Gasteiger partial charge in [-0.05, 0) is 0 Å². The summed E-state index contributed by atoms with van der Waals surface area (Å²) >= 11 is 0. The fourth-order valence-corrected chi connectivity index (χ4v) is 0.962. The van der Waals surface area contributed by atoms with Crippen LogP contribution in [-0.4, -0.2) is 30.2 Å². The summed E-state index contributed by atoms with van der Waals surface area (Å²) in [6.07, 6.45) is 0. The van der Waals surface area contributed by atoms with Gasteiger partial charge in [-0.15, -0.1) is 11.6 Å². The molecule has 62 valence electrons. The van der Waals surface area contributed by atoms with E-state index in [2.05, 4.69) is 12.1 Å². The Hall–Kier alpha value is 0.266. The third-order valence-electron chi connectivity index (χ3n) is 1.44. The van der Waals surface area contributed by atoms with Crippen LogP contribution in [0.5, 0.6) is 5.75 Å². The Morgan fingerprint density at radius 2 is 1.92 bits per heavy atom. The van der Waals surface area contributed by atoms with Crippen LogP contribution in [0.15, 0.2) is 12.1 Å². The number of hydrogen-bond donors (Lipinski definition) is 0. The minimum Gasteiger partial charge on any atom is -1.00 e. The van der Waals surface area contributed by atoms with E-state index in [4.69, 9.17) is 4.74 Å². The quantitative estimate of drug-likeness (QED) is 0.439. The zero-order valence-electron chi connectivity index (χ0n) is 7.65. The zero-order chi connectivity index (χ0) is 7.56. The maximum atomic E-state index is 5.04. The molecule has 12 heavy (non-hydrogen) atoms.